The van der Waals surface area contributed by atoms with E-state index in [1.807, 2.05) is 0 Å². The number of nitro benzene ring substituents is 1. The fraction of sp³-hybridized carbons (Fsp3) is 0.118. The van der Waals surface area contributed by atoms with Crippen LogP contribution in [0.25, 0.3) is 10.9 Å². The highest BCUT2D eigenvalue weighted by molar-refractivity contribution is 7.92. The van der Waals surface area contributed by atoms with E-state index < -0.39 is 14.9 Å². The van der Waals surface area contributed by atoms with E-state index in [0.717, 1.165) is 0 Å². The zero-order valence-corrected chi connectivity index (χ0v) is 15.3. The number of aromatic amines is 1. The second-order valence-electron chi connectivity index (χ2n) is 5.83. The maximum absolute atomic E-state index is 12.7. The van der Waals surface area contributed by atoms with Crippen LogP contribution in [0.2, 0.25) is 0 Å². The van der Waals surface area contributed by atoms with Crippen molar-refractivity contribution in [2.24, 2.45) is 0 Å². The minimum Gasteiger partial charge on any atom is -0.354 e. The number of rotatable bonds is 5. The highest BCUT2D eigenvalue weighted by atomic mass is 32.2. The number of nitrogens with one attached hydrogen (secondary N) is 3. The van der Waals surface area contributed by atoms with E-state index in [1.165, 1.54) is 38.2 Å². The third-order valence-corrected chi connectivity index (χ3v) is 5.61. The Hall–Kier alpha value is -3.40. The molecular formula is C17H16N4O5S. The third-order valence-electron chi connectivity index (χ3n) is 4.09. The topological polar surface area (TPSA) is 134 Å². The standard InChI is InChI=1S/C17H16N4O5S/c1-10-15(21(23)24)4-3-5-16(10)27(25,26)20-12-6-7-13-11(8-12)9-14(19-13)17(22)18-2/h3-9,19-20H,1-2H3,(H,18,22). The van der Waals surface area contributed by atoms with Crippen LogP contribution in [0.1, 0.15) is 16.1 Å². The molecule has 0 aliphatic carbocycles. The first kappa shape index (κ1) is 18.4. The molecule has 0 saturated heterocycles. The Kier molecular flexibility index (Phi) is 4.58. The lowest BCUT2D eigenvalue weighted by atomic mass is 10.2. The molecular weight excluding hydrogens is 372 g/mol. The number of hydrogen-bond donors (Lipinski definition) is 3. The van der Waals surface area contributed by atoms with E-state index in [1.54, 1.807) is 18.2 Å². The number of aromatic nitrogens is 1. The smallest absolute Gasteiger partial charge is 0.273 e. The molecule has 3 rings (SSSR count). The third kappa shape index (κ3) is 3.47. The van der Waals surface area contributed by atoms with E-state index in [0.29, 0.717) is 16.6 Å². The van der Waals surface area contributed by atoms with Gasteiger partial charge in [-0.3, -0.25) is 19.6 Å². The van der Waals surface area contributed by atoms with Gasteiger partial charge in [0.15, 0.2) is 0 Å². The number of carbonyl (C=O) groups excluding carboxylic acids is 1. The van der Waals surface area contributed by atoms with E-state index in [-0.39, 0.29) is 27.7 Å². The minimum atomic E-state index is -4.03. The van der Waals surface area contributed by atoms with Crippen molar-refractivity contribution < 1.29 is 18.1 Å². The van der Waals surface area contributed by atoms with Crippen molar-refractivity contribution in [3.63, 3.8) is 0 Å². The second-order valence-corrected chi connectivity index (χ2v) is 7.48. The normalized spacial score (nSPS) is 11.3. The Morgan fingerprint density at radius 2 is 1.93 bits per heavy atom. The Balaban J connectivity index is 1.98. The van der Waals surface area contributed by atoms with Crippen LogP contribution in [-0.4, -0.2) is 31.3 Å². The van der Waals surface area contributed by atoms with Crippen LogP contribution < -0.4 is 10.0 Å². The highest BCUT2D eigenvalue weighted by Gasteiger charge is 2.23. The number of benzene rings is 2. The Morgan fingerprint density at radius 3 is 2.59 bits per heavy atom. The van der Waals surface area contributed by atoms with Gasteiger partial charge in [-0.1, -0.05) is 6.07 Å². The maximum Gasteiger partial charge on any atom is 0.273 e. The molecule has 0 aliphatic heterocycles. The van der Waals surface area contributed by atoms with Gasteiger partial charge in [-0.05, 0) is 37.3 Å². The van der Waals surface area contributed by atoms with Gasteiger partial charge in [-0.15, -0.1) is 0 Å². The average Bonchev–Trinajstić information content (AvgIpc) is 3.03. The van der Waals surface area contributed by atoms with Crippen LogP contribution >= 0.6 is 0 Å². The van der Waals surface area contributed by atoms with Crippen molar-refractivity contribution in [3.05, 3.63) is 63.8 Å². The van der Waals surface area contributed by atoms with Gasteiger partial charge in [0.25, 0.3) is 21.6 Å². The lowest BCUT2D eigenvalue weighted by Crippen LogP contribution is -2.17. The monoisotopic (exact) mass is 388 g/mol. The molecule has 0 fully saturated rings. The van der Waals surface area contributed by atoms with Crippen LogP contribution in [-0.2, 0) is 10.0 Å². The molecule has 27 heavy (non-hydrogen) atoms. The molecule has 140 valence electrons. The number of H-pyrrole nitrogens is 1. The number of nitro groups is 1. The summed E-state index contributed by atoms with van der Waals surface area (Å²) in [7, 11) is -2.52. The lowest BCUT2D eigenvalue weighted by Gasteiger charge is -2.10. The zero-order valence-electron chi connectivity index (χ0n) is 14.4. The SMILES string of the molecule is CNC(=O)c1cc2cc(NS(=O)(=O)c3cccc([N+](=O)[O-])c3C)ccc2[nH]1. The Bertz CT molecular complexity index is 1170. The number of carbonyl (C=O) groups is 1. The molecule has 9 nitrogen and oxygen atoms in total. The second kappa shape index (κ2) is 6.72. The summed E-state index contributed by atoms with van der Waals surface area (Å²) in [6.45, 7) is 1.39. The van der Waals surface area contributed by atoms with Gasteiger partial charge in [0, 0.05) is 35.3 Å². The molecule has 1 heterocycles. The maximum atomic E-state index is 12.7. The largest absolute Gasteiger partial charge is 0.354 e. The van der Waals surface area contributed by atoms with E-state index >= 15 is 0 Å². The van der Waals surface area contributed by atoms with Gasteiger partial charge in [-0.2, -0.15) is 0 Å². The van der Waals surface area contributed by atoms with Gasteiger partial charge in [0.2, 0.25) is 0 Å². The molecule has 0 spiro atoms. The quantitative estimate of drug-likeness (QED) is 0.456. The number of fused-ring (bicyclic) bond motifs is 1. The van der Waals surface area contributed by atoms with Crippen molar-refractivity contribution in [3.8, 4) is 0 Å². The van der Waals surface area contributed by atoms with Crippen molar-refractivity contribution in [1.82, 2.24) is 10.3 Å². The summed E-state index contributed by atoms with van der Waals surface area (Å²) in [5, 5.41) is 14.2. The summed E-state index contributed by atoms with van der Waals surface area (Å²) in [6, 6.07) is 10.2. The predicted molar refractivity (Wildman–Crippen MR) is 100 cm³/mol. The number of nitrogens with zero attached hydrogens (tertiary/aromatic N) is 1. The minimum absolute atomic E-state index is 0.0552. The van der Waals surface area contributed by atoms with Gasteiger partial charge < -0.3 is 10.3 Å². The Morgan fingerprint density at radius 1 is 1.19 bits per heavy atom. The molecule has 3 aromatic rings. The molecule has 1 aromatic heterocycles. The van der Waals surface area contributed by atoms with Gasteiger partial charge >= 0.3 is 0 Å². The van der Waals surface area contributed by atoms with Crippen LogP contribution in [0, 0.1) is 17.0 Å². The summed E-state index contributed by atoms with van der Waals surface area (Å²) < 4.78 is 27.8. The number of hydrogen-bond acceptors (Lipinski definition) is 5. The van der Waals surface area contributed by atoms with Gasteiger partial charge in [-0.25, -0.2) is 8.42 Å². The first-order valence-electron chi connectivity index (χ1n) is 7.84. The Labute approximate surface area is 154 Å². The molecule has 2 aromatic carbocycles. The fourth-order valence-corrected chi connectivity index (χ4v) is 4.07. The zero-order chi connectivity index (χ0) is 19.8. The van der Waals surface area contributed by atoms with E-state index in [2.05, 4.69) is 15.0 Å². The molecule has 0 bridgehead atoms. The summed E-state index contributed by atoms with van der Waals surface area (Å²) in [5.74, 6) is -0.291. The summed E-state index contributed by atoms with van der Waals surface area (Å²) in [5.41, 5.74) is 1.08. The molecule has 0 aliphatic rings. The van der Waals surface area contributed by atoms with Crippen molar-refractivity contribution in [2.75, 3.05) is 11.8 Å². The van der Waals surface area contributed by atoms with E-state index in [4.69, 9.17) is 0 Å². The van der Waals surface area contributed by atoms with Crippen molar-refractivity contribution in [2.45, 2.75) is 11.8 Å². The molecule has 0 unspecified atom stereocenters. The van der Waals surface area contributed by atoms with Gasteiger partial charge in [0.05, 0.1) is 9.82 Å². The van der Waals surface area contributed by atoms with Crippen molar-refractivity contribution in [1.29, 1.82) is 0 Å². The van der Waals surface area contributed by atoms with Crippen LogP contribution in [0.15, 0.2) is 47.4 Å². The fourth-order valence-electron chi connectivity index (χ4n) is 2.76. The van der Waals surface area contributed by atoms with Crippen LogP contribution in [0.5, 0.6) is 0 Å². The summed E-state index contributed by atoms with van der Waals surface area (Å²) >= 11 is 0. The number of sulfonamides is 1. The number of anilines is 1. The lowest BCUT2D eigenvalue weighted by molar-refractivity contribution is -0.385. The highest BCUT2D eigenvalue weighted by Crippen LogP contribution is 2.27. The molecule has 0 saturated carbocycles. The summed E-state index contributed by atoms with van der Waals surface area (Å²) in [6.07, 6.45) is 0. The number of amides is 1. The first-order valence-corrected chi connectivity index (χ1v) is 9.33. The van der Waals surface area contributed by atoms with Gasteiger partial charge in [0.1, 0.15) is 5.69 Å². The first-order chi connectivity index (χ1) is 12.7. The predicted octanol–water partition coefficient (Wildman–Crippen LogP) is 2.54. The summed E-state index contributed by atoms with van der Waals surface area (Å²) in [4.78, 5) is 24.9. The van der Waals surface area contributed by atoms with Crippen molar-refractivity contribution >= 4 is 38.2 Å². The molecule has 3 N–H and O–H groups in total. The molecule has 0 atom stereocenters. The molecule has 1 amide bonds. The van der Waals surface area contributed by atoms with Crippen LogP contribution in [0.3, 0.4) is 0 Å². The molecule has 0 radical (unpaired) electrons. The van der Waals surface area contributed by atoms with Crippen LogP contribution in [0.4, 0.5) is 11.4 Å². The average molecular weight is 388 g/mol. The molecule has 10 heteroatoms. The van der Waals surface area contributed by atoms with E-state index in [9.17, 15) is 23.3 Å².